The van der Waals surface area contributed by atoms with Gasteiger partial charge in [0.05, 0.1) is 41.4 Å². The van der Waals surface area contributed by atoms with Crippen molar-refractivity contribution in [3.8, 4) is 33.8 Å². The van der Waals surface area contributed by atoms with Crippen LogP contribution in [0.25, 0.3) is 54.9 Å². The number of nitrogen functional groups attached to an aromatic ring is 1. The number of aliphatic hydroxyl groups excluding tert-OH is 1. The zero-order valence-corrected chi connectivity index (χ0v) is 39.0. The molecule has 0 aromatic heterocycles. The summed E-state index contributed by atoms with van der Waals surface area (Å²) in [4.78, 5) is 43.1. The second kappa shape index (κ2) is 17.5. The monoisotopic (exact) mass is 952 g/mol. The maximum atomic E-state index is 15.2. The Kier molecular flexibility index (Phi) is 10.8. The van der Waals surface area contributed by atoms with Crippen molar-refractivity contribution in [2.75, 3.05) is 29.6 Å². The number of aliphatic carboxylic acids is 2. The summed E-state index contributed by atoms with van der Waals surface area (Å²) in [7, 11) is 0. The number of anilines is 3. The minimum atomic E-state index is -1.13. The molecule has 1 aliphatic heterocycles. The number of carboxylic acid groups (broad SMARTS) is 2. The molecule has 7 N–H and O–H groups in total. The number of hydrogen-bond acceptors (Lipinski definition) is 10. The van der Waals surface area contributed by atoms with E-state index in [1.165, 1.54) is 0 Å². The van der Waals surface area contributed by atoms with Gasteiger partial charge in [0.15, 0.2) is 5.66 Å². The number of allylic oxidation sites excluding steroid dienone is 2. The Hall–Kier alpha value is -8.90. The van der Waals surface area contributed by atoms with Crippen LogP contribution in [0.3, 0.4) is 0 Å². The Morgan fingerprint density at radius 1 is 0.625 bits per heavy atom. The number of nitrogens with two attached hydrogens (primary N) is 1. The highest BCUT2D eigenvalue weighted by atomic mass is 16.5. The Morgan fingerprint density at radius 2 is 1.25 bits per heavy atom. The highest BCUT2D eigenvalue weighted by molar-refractivity contribution is 6.52. The van der Waals surface area contributed by atoms with Crippen LogP contribution in [-0.2, 0) is 20.0 Å². The number of aliphatic hydroxyl groups is 1. The summed E-state index contributed by atoms with van der Waals surface area (Å²) in [5, 5.41) is 42.8. The van der Waals surface area contributed by atoms with Gasteiger partial charge < -0.3 is 41.2 Å². The molecule has 356 valence electrons. The summed E-state index contributed by atoms with van der Waals surface area (Å²) >= 11 is 0. The van der Waals surface area contributed by atoms with Crippen molar-refractivity contribution in [2.45, 2.75) is 50.2 Å². The van der Waals surface area contributed by atoms with E-state index in [0.717, 1.165) is 66.4 Å². The smallest absolute Gasteiger partial charge is 0.303 e. The largest absolute Gasteiger partial charge is 0.506 e. The number of nitrogens with one attached hydrogen (secondary N) is 2. The number of nitrogens with zero attached hydrogens (tertiary/aromatic N) is 1. The Labute approximate surface area is 413 Å². The lowest BCUT2D eigenvalue weighted by Gasteiger charge is -2.34. The molecule has 12 heteroatoms. The second-order valence-corrected chi connectivity index (χ2v) is 18.7. The van der Waals surface area contributed by atoms with Crippen LogP contribution in [-0.4, -0.2) is 46.3 Å². The van der Waals surface area contributed by atoms with Crippen molar-refractivity contribution >= 4 is 67.5 Å². The predicted molar refractivity (Wildman–Crippen MR) is 279 cm³/mol. The number of rotatable bonds is 15. The number of unbranched alkanes of at least 4 members (excludes halogenated alkanes) is 2. The molecular formula is C60H48N4O8. The van der Waals surface area contributed by atoms with E-state index in [-0.39, 0.29) is 35.5 Å². The fraction of sp³-hybridized carbons (Fsp3) is 0.167. The standard InChI is InChI=1S/C60H48N4O8/c61-47-17-9-11-33-21-25-42(56(51(33)47)62-55-41-15-2-1-13-37(41)38-27-23-35(31-44(38)55)71-29-7-5-19-49(65)66)53-58(69)54(59(53)70)43-26-22-34-12-10-18-48-52(34)57(43)64-60(63-48)45-16-4-3-14-39(45)40-28-24-36(32-46(40)60)72-30-8-6-20-50(67)68/h1-4,9-18,21-28,31-32,55,62-63,69H,5-8,19-20,29-30,61H2,(H,65,66)(H,67,68). The normalized spacial score (nSPS) is 17.4. The first-order chi connectivity index (χ1) is 35.1. The molecule has 8 aromatic carbocycles. The molecule has 12 nitrogen and oxygen atoms in total. The van der Waals surface area contributed by atoms with Crippen molar-refractivity contribution in [1.82, 2.24) is 0 Å². The summed E-state index contributed by atoms with van der Waals surface area (Å²) < 4.78 is 12.4. The van der Waals surface area contributed by atoms with Crippen molar-refractivity contribution in [1.29, 1.82) is 0 Å². The van der Waals surface area contributed by atoms with E-state index in [1.807, 2.05) is 121 Å². The van der Waals surface area contributed by atoms with Crippen LogP contribution in [0.15, 0.2) is 156 Å². The Morgan fingerprint density at radius 3 is 2.00 bits per heavy atom. The maximum absolute atomic E-state index is 15.2. The molecule has 2 atom stereocenters. The molecule has 8 aromatic rings. The number of carbonyl (C=O) groups excluding carboxylic acids is 1. The lowest BCUT2D eigenvalue weighted by molar-refractivity contribution is -0.138. The van der Waals surface area contributed by atoms with Gasteiger partial charge in [0.25, 0.3) is 0 Å². The summed E-state index contributed by atoms with van der Waals surface area (Å²) in [5.74, 6) is -0.868. The molecule has 3 aliphatic carbocycles. The van der Waals surface area contributed by atoms with Crippen LogP contribution in [0.5, 0.6) is 11.5 Å². The Balaban J connectivity index is 0.991. The zero-order chi connectivity index (χ0) is 49.3. The van der Waals surface area contributed by atoms with E-state index >= 15 is 4.79 Å². The molecule has 4 aliphatic rings. The minimum absolute atomic E-state index is 0.0773. The van der Waals surface area contributed by atoms with Crippen molar-refractivity contribution in [2.24, 2.45) is 4.99 Å². The molecule has 1 spiro atoms. The van der Waals surface area contributed by atoms with Crippen LogP contribution in [0.2, 0.25) is 0 Å². The first-order valence-corrected chi connectivity index (χ1v) is 24.3. The maximum Gasteiger partial charge on any atom is 0.303 e. The first kappa shape index (κ1) is 44.3. The molecule has 0 saturated carbocycles. The van der Waals surface area contributed by atoms with Crippen molar-refractivity contribution in [3.05, 3.63) is 190 Å². The van der Waals surface area contributed by atoms with Gasteiger partial charge in [0.2, 0.25) is 5.78 Å². The summed E-state index contributed by atoms with van der Waals surface area (Å²) in [6.07, 6.45) is 2.36. The highest BCUT2D eigenvalue weighted by Gasteiger charge is 2.46. The van der Waals surface area contributed by atoms with Crippen LogP contribution in [0, 0.1) is 0 Å². The van der Waals surface area contributed by atoms with Gasteiger partial charge in [-0.25, -0.2) is 4.99 Å². The van der Waals surface area contributed by atoms with E-state index in [0.29, 0.717) is 83.3 Å². The quantitative estimate of drug-likeness (QED) is 0.0423. The van der Waals surface area contributed by atoms with E-state index in [2.05, 4.69) is 34.9 Å². The number of fused-ring (bicyclic) bond motifs is 9. The molecule has 0 fully saturated rings. The van der Waals surface area contributed by atoms with E-state index < -0.39 is 23.6 Å². The van der Waals surface area contributed by atoms with Crippen LogP contribution >= 0.6 is 0 Å². The zero-order valence-electron chi connectivity index (χ0n) is 39.0. The summed E-state index contributed by atoms with van der Waals surface area (Å²) in [6.45, 7) is 0.726. The predicted octanol–water partition coefficient (Wildman–Crippen LogP) is 10.7. The topological polar surface area (TPSA) is 193 Å². The molecule has 72 heavy (non-hydrogen) atoms. The first-order valence-electron chi connectivity index (χ1n) is 24.3. The van der Waals surface area contributed by atoms with Crippen molar-refractivity contribution in [3.63, 3.8) is 0 Å². The average Bonchev–Trinajstić information content (AvgIpc) is 3.82. The van der Waals surface area contributed by atoms with Gasteiger partial charge in [-0.05, 0) is 106 Å². The molecule has 0 radical (unpaired) electrons. The van der Waals surface area contributed by atoms with Gasteiger partial charge >= 0.3 is 11.9 Å². The molecule has 1 heterocycles. The number of carbonyl (C=O) groups is 3. The number of ether oxygens (including phenoxy) is 2. The van der Waals surface area contributed by atoms with E-state index in [1.54, 1.807) is 0 Å². The number of hydrogen-bond donors (Lipinski definition) is 6. The minimum Gasteiger partial charge on any atom is -0.506 e. The van der Waals surface area contributed by atoms with Crippen LogP contribution < -0.4 is 36.4 Å². The summed E-state index contributed by atoms with van der Waals surface area (Å²) in [5.41, 5.74) is 16.3. The number of benzene rings is 8. The van der Waals surface area contributed by atoms with E-state index in [4.69, 9.17) is 30.4 Å². The SMILES string of the molecule is Nc1cccc2ccc(C3=C(O)C(=c4ccc5cccc6c5c4=NC4(N6)c5ccccc5-c5ccc(OCCCCC(=O)O)cc54)C3=O)c(NC3c4ccccc4-c4ccc(OCCCCC(=O)O)cc43)c12. The number of Topliss-reactive ketones (excluding diaryl/α,β-unsaturated/α-hetero) is 1. The van der Waals surface area contributed by atoms with Gasteiger partial charge in [-0.3, -0.25) is 14.4 Å². The van der Waals surface area contributed by atoms with Crippen LogP contribution in [0.1, 0.15) is 72.4 Å². The lowest BCUT2D eigenvalue weighted by Crippen LogP contribution is -2.44. The third-order valence-electron chi connectivity index (χ3n) is 14.4. The second-order valence-electron chi connectivity index (χ2n) is 18.7. The molecular weight excluding hydrogens is 905 g/mol. The molecule has 12 rings (SSSR count). The van der Waals surface area contributed by atoms with Gasteiger partial charge in [0.1, 0.15) is 17.3 Å². The third kappa shape index (κ3) is 7.20. The van der Waals surface area contributed by atoms with Crippen LogP contribution in [0.4, 0.5) is 17.1 Å². The average molecular weight is 953 g/mol. The number of carboxylic acids is 2. The number of ketones is 1. The van der Waals surface area contributed by atoms with Gasteiger partial charge in [-0.1, -0.05) is 109 Å². The highest BCUT2D eigenvalue weighted by Crippen LogP contribution is 2.53. The lowest BCUT2D eigenvalue weighted by atomic mass is 9.80. The fourth-order valence-electron chi connectivity index (χ4n) is 11.1. The molecule has 0 bridgehead atoms. The third-order valence-corrected chi connectivity index (χ3v) is 14.4. The molecule has 0 amide bonds. The summed E-state index contributed by atoms with van der Waals surface area (Å²) in [6, 6.07) is 47.2. The van der Waals surface area contributed by atoms with Crippen molar-refractivity contribution < 1.29 is 39.2 Å². The Bertz CT molecular complexity index is 3810. The van der Waals surface area contributed by atoms with Gasteiger partial charge in [-0.15, -0.1) is 0 Å². The molecule has 2 unspecified atom stereocenters. The van der Waals surface area contributed by atoms with Gasteiger partial charge in [-0.2, -0.15) is 0 Å². The van der Waals surface area contributed by atoms with E-state index in [9.17, 15) is 14.7 Å². The molecule has 0 saturated heterocycles. The van der Waals surface area contributed by atoms with Gasteiger partial charge in [0, 0.05) is 56.9 Å². The fourth-order valence-corrected chi connectivity index (χ4v) is 11.1.